The second-order valence-electron chi connectivity index (χ2n) is 8.27. The van der Waals surface area contributed by atoms with E-state index < -0.39 is 0 Å². The number of hydrogen-bond acceptors (Lipinski definition) is 4. The summed E-state index contributed by atoms with van der Waals surface area (Å²) in [7, 11) is 0. The lowest BCUT2D eigenvalue weighted by Crippen LogP contribution is -2.49. The minimum absolute atomic E-state index is 0.00449. The number of piperidine rings is 1. The fourth-order valence-corrected chi connectivity index (χ4v) is 4.34. The van der Waals surface area contributed by atoms with Crippen LogP contribution in [0.1, 0.15) is 47.3 Å². The first-order chi connectivity index (χ1) is 14.5. The van der Waals surface area contributed by atoms with E-state index in [9.17, 15) is 4.79 Å². The van der Waals surface area contributed by atoms with Crippen molar-refractivity contribution in [3.05, 3.63) is 58.4 Å². The molecular formula is C24H31N3O3. The van der Waals surface area contributed by atoms with Crippen LogP contribution in [0, 0.1) is 20.8 Å². The Kier molecular flexibility index (Phi) is 6.35. The predicted molar refractivity (Wildman–Crippen MR) is 116 cm³/mol. The van der Waals surface area contributed by atoms with Crippen molar-refractivity contribution in [2.24, 2.45) is 0 Å². The number of aryl methyl sites for hydroxylation is 2. The van der Waals surface area contributed by atoms with E-state index in [2.05, 4.69) is 38.1 Å². The molecule has 1 amide bonds. The Balaban J connectivity index is 1.48. The third kappa shape index (κ3) is 4.50. The Morgan fingerprint density at radius 1 is 1.13 bits per heavy atom. The Hall–Kier alpha value is -2.44. The molecule has 3 heterocycles. The summed E-state index contributed by atoms with van der Waals surface area (Å²) >= 11 is 0. The summed E-state index contributed by atoms with van der Waals surface area (Å²) in [5, 5.41) is 4.70. The standard InChI is InChI=1S/C24H31N3O3/c1-17-7-9-20(10-8-17)16-27-19(3)21(18(2)25-27)11-12-23(28)26-13-5-4-6-22(26)24-29-14-15-30-24/h7-12,22,24H,4-6,13-16H2,1-3H3/b12-11+. The summed E-state index contributed by atoms with van der Waals surface area (Å²) in [6, 6.07) is 8.51. The van der Waals surface area contributed by atoms with Gasteiger partial charge in [-0.15, -0.1) is 0 Å². The van der Waals surface area contributed by atoms with E-state index in [-0.39, 0.29) is 18.2 Å². The second-order valence-corrected chi connectivity index (χ2v) is 8.27. The highest BCUT2D eigenvalue weighted by molar-refractivity contribution is 5.92. The molecule has 160 valence electrons. The number of carbonyl (C=O) groups excluding carboxylic acids is 1. The van der Waals surface area contributed by atoms with Crippen molar-refractivity contribution >= 4 is 12.0 Å². The molecule has 2 saturated heterocycles. The van der Waals surface area contributed by atoms with E-state index in [1.165, 1.54) is 11.1 Å². The van der Waals surface area contributed by atoms with Gasteiger partial charge in [0, 0.05) is 23.9 Å². The number of likely N-dealkylation sites (tertiary alicyclic amines) is 1. The molecule has 2 aliphatic heterocycles. The van der Waals surface area contributed by atoms with Gasteiger partial charge in [-0.2, -0.15) is 5.10 Å². The van der Waals surface area contributed by atoms with Crippen LogP contribution < -0.4 is 0 Å². The summed E-state index contributed by atoms with van der Waals surface area (Å²) < 4.78 is 13.4. The molecular weight excluding hydrogens is 378 g/mol. The van der Waals surface area contributed by atoms with Gasteiger partial charge in [0.2, 0.25) is 5.91 Å². The Morgan fingerprint density at radius 3 is 2.60 bits per heavy atom. The molecule has 2 aromatic rings. The van der Waals surface area contributed by atoms with E-state index in [0.29, 0.717) is 13.2 Å². The molecule has 6 nitrogen and oxygen atoms in total. The Labute approximate surface area is 178 Å². The zero-order chi connectivity index (χ0) is 21.1. The molecule has 1 unspecified atom stereocenters. The molecule has 30 heavy (non-hydrogen) atoms. The SMILES string of the molecule is Cc1ccc(Cn2nc(C)c(/C=C/C(=O)N3CCCCC3C3OCCO3)c2C)cc1. The lowest BCUT2D eigenvalue weighted by atomic mass is 10.0. The number of aromatic nitrogens is 2. The number of benzene rings is 1. The second kappa shape index (κ2) is 9.14. The first-order valence-electron chi connectivity index (χ1n) is 10.8. The molecule has 1 atom stereocenters. The highest BCUT2D eigenvalue weighted by Crippen LogP contribution is 2.25. The number of rotatable bonds is 5. The van der Waals surface area contributed by atoms with Crippen LogP contribution in [-0.2, 0) is 20.8 Å². The molecule has 2 fully saturated rings. The molecule has 1 aromatic heterocycles. The van der Waals surface area contributed by atoms with Crippen molar-refractivity contribution in [1.29, 1.82) is 0 Å². The van der Waals surface area contributed by atoms with Gasteiger partial charge < -0.3 is 14.4 Å². The summed E-state index contributed by atoms with van der Waals surface area (Å²) in [5.74, 6) is 0.0175. The molecule has 0 aliphatic carbocycles. The lowest BCUT2D eigenvalue weighted by Gasteiger charge is -2.37. The summed E-state index contributed by atoms with van der Waals surface area (Å²) in [4.78, 5) is 14.9. The van der Waals surface area contributed by atoms with Crippen LogP contribution in [0.25, 0.3) is 6.08 Å². The maximum atomic E-state index is 13.0. The molecule has 0 saturated carbocycles. The van der Waals surface area contributed by atoms with E-state index in [4.69, 9.17) is 14.6 Å². The predicted octanol–water partition coefficient (Wildman–Crippen LogP) is 3.62. The molecule has 6 heteroatoms. The van der Waals surface area contributed by atoms with Crippen LogP contribution in [-0.4, -0.2) is 52.7 Å². The zero-order valence-electron chi connectivity index (χ0n) is 18.1. The summed E-state index contributed by atoms with van der Waals surface area (Å²) in [5.41, 5.74) is 5.47. The van der Waals surface area contributed by atoms with Crippen LogP contribution in [0.3, 0.4) is 0 Å². The fourth-order valence-electron chi connectivity index (χ4n) is 4.34. The van der Waals surface area contributed by atoms with Gasteiger partial charge in [-0.25, -0.2) is 0 Å². The van der Waals surface area contributed by atoms with Gasteiger partial charge in [0.1, 0.15) is 0 Å². The average molecular weight is 410 g/mol. The van der Waals surface area contributed by atoms with Crippen LogP contribution in [0.2, 0.25) is 0 Å². The van der Waals surface area contributed by atoms with Crippen molar-refractivity contribution in [3.63, 3.8) is 0 Å². The zero-order valence-corrected chi connectivity index (χ0v) is 18.1. The Bertz CT molecular complexity index is 911. The minimum Gasteiger partial charge on any atom is -0.348 e. The van der Waals surface area contributed by atoms with E-state index in [1.807, 2.05) is 22.6 Å². The number of nitrogens with zero attached hydrogens (tertiary/aromatic N) is 3. The largest absolute Gasteiger partial charge is 0.348 e. The van der Waals surface area contributed by atoms with Crippen molar-refractivity contribution < 1.29 is 14.3 Å². The van der Waals surface area contributed by atoms with Crippen LogP contribution in [0.5, 0.6) is 0 Å². The molecule has 4 rings (SSSR count). The average Bonchev–Trinajstić information content (AvgIpc) is 3.37. The van der Waals surface area contributed by atoms with Crippen LogP contribution >= 0.6 is 0 Å². The van der Waals surface area contributed by atoms with Gasteiger partial charge in [0.25, 0.3) is 0 Å². The fraction of sp³-hybridized carbons (Fsp3) is 0.500. The smallest absolute Gasteiger partial charge is 0.247 e. The lowest BCUT2D eigenvalue weighted by molar-refractivity contribution is -0.145. The first-order valence-corrected chi connectivity index (χ1v) is 10.8. The van der Waals surface area contributed by atoms with Crippen molar-refractivity contribution in [2.75, 3.05) is 19.8 Å². The molecule has 0 N–H and O–H groups in total. The molecule has 2 aliphatic rings. The number of hydrogen-bond donors (Lipinski definition) is 0. The van der Waals surface area contributed by atoms with Gasteiger partial charge >= 0.3 is 0 Å². The number of carbonyl (C=O) groups is 1. The minimum atomic E-state index is -0.289. The van der Waals surface area contributed by atoms with Crippen molar-refractivity contribution in [2.45, 2.75) is 58.9 Å². The van der Waals surface area contributed by atoms with Gasteiger partial charge in [-0.1, -0.05) is 29.8 Å². The first kappa shape index (κ1) is 20.8. The van der Waals surface area contributed by atoms with Gasteiger partial charge in [-0.3, -0.25) is 9.48 Å². The van der Waals surface area contributed by atoms with Crippen LogP contribution in [0.4, 0.5) is 0 Å². The quantitative estimate of drug-likeness (QED) is 0.708. The topological polar surface area (TPSA) is 56.6 Å². The van der Waals surface area contributed by atoms with Crippen molar-refractivity contribution in [1.82, 2.24) is 14.7 Å². The van der Waals surface area contributed by atoms with E-state index in [1.54, 1.807) is 6.08 Å². The molecule has 1 aromatic carbocycles. The maximum absolute atomic E-state index is 13.0. The monoisotopic (exact) mass is 409 g/mol. The van der Waals surface area contributed by atoms with Gasteiger partial charge in [0.15, 0.2) is 6.29 Å². The third-order valence-corrected chi connectivity index (χ3v) is 6.08. The van der Waals surface area contributed by atoms with Crippen LogP contribution in [0.15, 0.2) is 30.3 Å². The summed E-state index contributed by atoms with van der Waals surface area (Å²) in [6.07, 6.45) is 6.36. The van der Waals surface area contributed by atoms with Crippen molar-refractivity contribution in [3.8, 4) is 0 Å². The van der Waals surface area contributed by atoms with E-state index >= 15 is 0 Å². The molecule has 0 bridgehead atoms. The Morgan fingerprint density at radius 2 is 1.87 bits per heavy atom. The molecule has 0 spiro atoms. The molecule has 0 radical (unpaired) electrons. The summed E-state index contributed by atoms with van der Waals surface area (Å²) in [6.45, 7) is 8.83. The number of ether oxygens (including phenoxy) is 2. The highest BCUT2D eigenvalue weighted by Gasteiger charge is 2.35. The van der Waals surface area contributed by atoms with E-state index in [0.717, 1.165) is 49.3 Å². The van der Waals surface area contributed by atoms with Gasteiger partial charge in [-0.05, 0) is 51.7 Å². The maximum Gasteiger partial charge on any atom is 0.247 e. The number of amides is 1. The normalized spacial score (nSPS) is 20.4. The van der Waals surface area contributed by atoms with Gasteiger partial charge in [0.05, 0.1) is 31.5 Å². The highest BCUT2D eigenvalue weighted by atomic mass is 16.7. The third-order valence-electron chi connectivity index (χ3n) is 6.08.